The Morgan fingerprint density at radius 2 is 0.889 bits per heavy atom. The summed E-state index contributed by atoms with van der Waals surface area (Å²) in [6.45, 7) is 23.9. The lowest BCUT2D eigenvalue weighted by molar-refractivity contribution is 0.443. The first-order valence-corrected chi connectivity index (χ1v) is 24.6. The third-order valence-corrected chi connectivity index (χ3v) is 15.3. The van der Waals surface area contributed by atoms with Crippen LogP contribution < -0.4 is 4.90 Å². The summed E-state index contributed by atoms with van der Waals surface area (Å²) in [5.41, 5.74) is 20.2. The molecule has 2 saturated carbocycles. The first-order valence-electron chi connectivity index (χ1n) is 24.6. The summed E-state index contributed by atoms with van der Waals surface area (Å²) in [5.74, 6) is 1.37. The molecule has 0 radical (unpaired) electrons. The molecule has 326 valence electrons. The number of benzene rings is 6. The molecule has 0 spiro atoms. The van der Waals surface area contributed by atoms with Crippen LogP contribution in [0.2, 0.25) is 0 Å². The van der Waals surface area contributed by atoms with Crippen LogP contribution in [0.15, 0.2) is 127 Å². The van der Waals surface area contributed by atoms with Crippen LogP contribution in [0.25, 0.3) is 22.3 Å². The van der Waals surface area contributed by atoms with Gasteiger partial charge in [0.05, 0.1) is 0 Å². The molecule has 0 heterocycles. The van der Waals surface area contributed by atoms with Crippen LogP contribution in [0.1, 0.15) is 190 Å². The van der Waals surface area contributed by atoms with Crippen molar-refractivity contribution in [3.05, 3.63) is 172 Å². The smallest absolute Gasteiger partial charge is 0.0465 e. The third kappa shape index (κ3) is 8.24. The molecule has 0 N–H and O–H groups in total. The van der Waals surface area contributed by atoms with E-state index < -0.39 is 0 Å². The molecule has 0 saturated heterocycles. The van der Waals surface area contributed by atoms with Gasteiger partial charge in [0.15, 0.2) is 0 Å². The zero-order valence-corrected chi connectivity index (χ0v) is 40.3. The molecule has 3 aliphatic carbocycles. The standard InChI is InChI=1S/C62H73N/c1-59(2,3)56-39-47(40-57(60(4,5)6)58(56)61(7,8)9)46-29-35-50(36-30-46)63(49-33-27-45(28-34-49)43-21-15-12-16-22-43)51-37-38-53-52-23-17-18-24-54(52)62(10,55(53)41-51)48-31-25-44(26-32-48)42-19-13-11-14-20-42/h17-18,23-43H,11-16,19-22H2,1-10H3. The third-order valence-electron chi connectivity index (χ3n) is 15.3. The van der Waals surface area contributed by atoms with Crippen molar-refractivity contribution < 1.29 is 0 Å². The molecule has 0 amide bonds. The molecule has 2 fully saturated rings. The van der Waals surface area contributed by atoms with Gasteiger partial charge in [0, 0.05) is 22.5 Å². The number of hydrogen-bond acceptors (Lipinski definition) is 1. The maximum atomic E-state index is 2.52. The minimum absolute atomic E-state index is 0.0122. The molecule has 0 aliphatic heterocycles. The van der Waals surface area contributed by atoms with Gasteiger partial charge in [-0.2, -0.15) is 0 Å². The van der Waals surface area contributed by atoms with E-state index in [9.17, 15) is 0 Å². The summed E-state index contributed by atoms with van der Waals surface area (Å²) in [7, 11) is 0. The van der Waals surface area contributed by atoms with E-state index >= 15 is 0 Å². The predicted molar refractivity (Wildman–Crippen MR) is 272 cm³/mol. The van der Waals surface area contributed by atoms with E-state index in [0.717, 1.165) is 0 Å². The van der Waals surface area contributed by atoms with Gasteiger partial charge >= 0.3 is 0 Å². The van der Waals surface area contributed by atoms with E-state index in [2.05, 4.69) is 202 Å². The zero-order chi connectivity index (χ0) is 44.3. The molecule has 1 heteroatoms. The molecular weight excluding hydrogens is 759 g/mol. The maximum absolute atomic E-state index is 2.52. The molecule has 0 bridgehead atoms. The lowest BCUT2D eigenvalue weighted by atomic mass is 9.68. The highest BCUT2D eigenvalue weighted by Crippen LogP contribution is 2.54. The summed E-state index contributed by atoms with van der Waals surface area (Å²) in [4.78, 5) is 2.51. The molecule has 63 heavy (non-hydrogen) atoms. The Balaban J connectivity index is 1.16. The van der Waals surface area contributed by atoms with Crippen molar-refractivity contribution >= 4 is 17.1 Å². The molecule has 3 aliphatic rings. The highest BCUT2D eigenvalue weighted by Gasteiger charge is 2.41. The average molecular weight is 832 g/mol. The quantitative estimate of drug-likeness (QED) is 0.155. The van der Waals surface area contributed by atoms with Gasteiger partial charge in [0.2, 0.25) is 0 Å². The van der Waals surface area contributed by atoms with Gasteiger partial charge in [-0.05, 0) is 164 Å². The highest BCUT2D eigenvalue weighted by atomic mass is 15.1. The minimum atomic E-state index is -0.276. The van der Waals surface area contributed by atoms with Gasteiger partial charge in [-0.15, -0.1) is 0 Å². The molecular formula is C62H73N. The molecule has 9 rings (SSSR count). The Morgan fingerprint density at radius 3 is 1.40 bits per heavy atom. The largest absolute Gasteiger partial charge is 0.310 e. The number of nitrogens with zero attached hydrogens (tertiary/aromatic N) is 1. The molecule has 1 atom stereocenters. The normalized spacial score (nSPS) is 18.6. The molecule has 1 nitrogen and oxygen atoms in total. The minimum Gasteiger partial charge on any atom is -0.310 e. The second-order valence-electron chi connectivity index (χ2n) is 22.9. The summed E-state index contributed by atoms with van der Waals surface area (Å²) >= 11 is 0. The van der Waals surface area contributed by atoms with Crippen LogP contribution in [-0.4, -0.2) is 0 Å². The fourth-order valence-corrected chi connectivity index (χ4v) is 11.8. The van der Waals surface area contributed by atoms with Crippen molar-refractivity contribution in [1.82, 2.24) is 0 Å². The molecule has 0 aromatic heterocycles. The first-order chi connectivity index (χ1) is 30.0. The van der Waals surface area contributed by atoms with Crippen molar-refractivity contribution in [3.8, 4) is 22.3 Å². The monoisotopic (exact) mass is 832 g/mol. The maximum Gasteiger partial charge on any atom is 0.0465 e. The Labute approximate surface area is 381 Å². The van der Waals surface area contributed by atoms with Crippen molar-refractivity contribution in [3.63, 3.8) is 0 Å². The van der Waals surface area contributed by atoms with Crippen LogP contribution in [0.5, 0.6) is 0 Å². The zero-order valence-electron chi connectivity index (χ0n) is 40.3. The highest BCUT2D eigenvalue weighted by molar-refractivity contribution is 5.87. The van der Waals surface area contributed by atoms with Gasteiger partial charge in [-0.25, -0.2) is 0 Å². The van der Waals surface area contributed by atoms with Crippen molar-refractivity contribution in [2.45, 2.75) is 167 Å². The second-order valence-corrected chi connectivity index (χ2v) is 22.9. The predicted octanol–water partition coefficient (Wildman–Crippen LogP) is 18.1. The van der Waals surface area contributed by atoms with Crippen LogP contribution in [0.3, 0.4) is 0 Å². The SMILES string of the molecule is CC(C)(C)c1cc(-c2ccc(N(c3ccc(C4CCCCC4)cc3)c3ccc4c(c3)C(C)(c3ccc(C5CCCCC5)cc3)c3ccccc3-4)cc2)cc(C(C)(C)C)c1C(C)(C)C. The summed E-state index contributed by atoms with van der Waals surface area (Å²) < 4.78 is 0. The van der Waals surface area contributed by atoms with Gasteiger partial charge < -0.3 is 4.90 Å². The van der Waals surface area contributed by atoms with Gasteiger partial charge in [-0.1, -0.05) is 192 Å². The van der Waals surface area contributed by atoms with E-state index in [1.807, 2.05) is 0 Å². The van der Waals surface area contributed by atoms with E-state index in [1.165, 1.54) is 148 Å². The molecule has 6 aromatic carbocycles. The van der Waals surface area contributed by atoms with Crippen molar-refractivity contribution in [1.29, 1.82) is 0 Å². The van der Waals surface area contributed by atoms with Crippen LogP contribution in [0.4, 0.5) is 17.1 Å². The van der Waals surface area contributed by atoms with Gasteiger partial charge in [-0.3, -0.25) is 0 Å². The van der Waals surface area contributed by atoms with Crippen molar-refractivity contribution in [2.75, 3.05) is 4.90 Å². The molecule has 6 aromatic rings. The van der Waals surface area contributed by atoms with E-state index in [0.29, 0.717) is 11.8 Å². The second kappa shape index (κ2) is 16.6. The van der Waals surface area contributed by atoms with Crippen LogP contribution in [0, 0.1) is 0 Å². The number of hydrogen-bond donors (Lipinski definition) is 0. The first kappa shape index (κ1) is 43.4. The summed E-state index contributed by atoms with van der Waals surface area (Å²) in [6, 6.07) is 50.3. The van der Waals surface area contributed by atoms with Crippen LogP contribution in [-0.2, 0) is 21.7 Å². The van der Waals surface area contributed by atoms with Gasteiger partial charge in [0.1, 0.15) is 0 Å². The summed E-state index contributed by atoms with van der Waals surface area (Å²) in [6.07, 6.45) is 13.4. The fraction of sp³-hybridized carbons (Fsp3) is 0.419. The lowest BCUT2D eigenvalue weighted by Crippen LogP contribution is -2.28. The fourth-order valence-electron chi connectivity index (χ4n) is 11.8. The van der Waals surface area contributed by atoms with Gasteiger partial charge in [0.25, 0.3) is 0 Å². The van der Waals surface area contributed by atoms with Crippen LogP contribution >= 0.6 is 0 Å². The molecule has 1 unspecified atom stereocenters. The average Bonchev–Trinajstić information content (AvgIpc) is 3.54. The lowest BCUT2D eigenvalue weighted by Gasteiger charge is -2.37. The Hall–Kier alpha value is -4.88. The Bertz CT molecular complexity index is 2520. The topological polar surface area (TPSA) is 3.24 Å². The number of fused-ring (bicyclic) bond motifs is 3. The van der Waals surface area contributed by atoms with Crippen molar-refractivity contribution in [2.24, 2.45) is 0 Å². The van der Waals surface area contributed by atoms with E-state index in [4.69, 9.17) is 0 Å². The number of anilines is 3. The summed E-state index contributed by atoms with van der Waals surface area (Å²) in [5, 5.41) is 0. The Morgan fingerprint density at radius 1 is 0.429 bits per heavy atom. The van der Waals surface area contributed by atoms with E-state index in [1.54, 1.807) is 0 Å². The Kier molecular flexibility index (Phi) is 11.4. The van der Waals surface area contributed by atoms with E-state index in [-0.39, 0.29) is 21.7 Å². The number of rotatable bonds is 7.